The fourth-order valence-corrected chi connectivity index (χ4v) is 3.11. The van der Waals surface area contributed by atoms with Gasteiger partial charge in [0.1, 0.15) is 11.3 Å². The number of benzene rings is 1. The van der Waals surface area contributed by atoms with Crippen molar-refractivity contribution in [2.45, 2.75) is 25.9 Å². The number of nitrogens with one attached hydrogen (secondary N) is 2. The van der Waals surface area contributed by atoms with E-state index in [-0.39, 0.29) is 11.3 Å². The summed E-state index contributed by atoms with van der Waals surface area (Å²) in [6, 6.07) is 3.73. The van der Waals surface area contributed by atoms with Crippen LogP contribution >= 0.6 is 0 Å². The molecule has 30 heavy (non-hydrogen) atoms. The van der Waals surface area contributed by atoms with Gasteiger partial charge in [-0.15, -0.1) is 0 Å². The molecule has 156 valence electrons. The van der Waals surface area contributed by atoms with Crippen molar-refractivity contribution in [3.63, 3.8) is 0 Å². The third-order valence-electron chi connectivity index (χ3n) is 4.69. The number of amides is 1. The summed E-state index contributed by atoms with van der Waals surface area (Å²) in [5.74, 6) is 0. The Morgan fingerprint density at radius 1 is 1.23 bits per heavy atom. The van der Waals surface area contributed by atoms with Crippen molar-refractivity contribution in [2.24, 2.45) is 0 Å². The van der Waals surface area contributed by atoms with Gasteiger partial charge in [-0.2, -0.15) is 32.7 Å². The highest BCUT2D eigenvalue weighted by Crippen LogP contribution is 2.30. The maximum absolute atomic E-state index is 12.8. The van der Waals surface area contributed by atoms with Gasteiger partial charge in [-0.25, -0.2) is 4.79 Å². The predicted molar refractivity (Wildman–Crippen MR) is 103 cm³/mol. The van der Waals surface area contributed by atoms with E-state index < -0.39 is 23.3 Å². The van der Waals surface area contributed by atoms with Gasteiger partial charge < -0.3 is 10.3 Å². The van der Waals surface area contributed by atoms with Crippen LogP contribution in [0.25, 0.3) is 28.0 Å². The molecule has 0 radical (unpaired) electrons. The van der Waals surface area contributed by atoms with Crippen LogP contribution in [-0.4, -0.2) is 37.1 Å². The van der Waals surface area contributed by atoms with Gasteiger partial charge in [0.05, 0.1) is 28.4 Å². The Bertz CT molecular complexity index is 1240. The SMILES string of the molecule is CCCCNC(=O)n1ncc2c3nn(-c4ccc(C(F)(F)F)cc4)c(=O)c-3c[nH]c21. The van der Waals surface area contributed by atoms with Crippen LogP contribution in [0.3, 0.4) is 0 Å². The Labute approximate surface area is 167 Å². The molecule has 11 heteroatoms. The van der Waals surface area contributed by atoms with Gasteiger partial charge in [0.25, 0.3) is 5.56 Å². The standard InChI is InChI=1S/C19H17F3N6O2/c1-2-3-8-23-18(30)28-16-13(10-25-28)15-14(9-24-16)17(29)27(26-15)12-6-4-11(5-7-12)19(20,21)22/h4-7,9-10,24H,2-3,8H2,1H3,(H,23,30). The molecule has 1 aromatic heterocycles. The molecule has 0 bridgehead atoms. The molecular weight excluding hydrogens is 401 g/mol. The zero-order chi connectivity index (χ0) is 21.5. The highest BCUT2D eigenvalue weighted by Gasteiger charge is 2.30. The van der Waals surface area contributed by atoms with Gasteiger partial charge in [-0.1, -0.05) is 13.3 Å². The van der Waals surface area contributed by atoms with E-state index in [1.54, 1.807) is 0 Å². The lowest BCUT2D eigenvalue weighted by Gasteiger charge is -2.07. The Morgan fingerprint density at radius 3 is 2.63 bits per heavy atom. The van der Waals surface area contributed by atoms with Crippen LogP contribution in [0, 0.1) is 0 Å². The van der Waals surface area contributed by atoms with Crippen molar-refractivity contribution < 1.29 is 18.0 Å². The molecule has 8 nitrogen and oxygen atoms in total. The van der Waals surface area contributed by atoms with Gasteiger partial charge in [-0.3, -0.25) is 4.79 Å². The van der Waals surface area contributed by atoms with Gasteiger partial charge in [-0.05, 0) is 30.7 Å². The quantitative estimate of drug-likeness (QED) is 0.497. The summed E-state index contributed by atoms with van der Waals surface area (Å²) in [5.41, 5.74) is -0.241. The average Bonchev–Trinajstić information content (AvgIpc) is 3.29. The maximum atomic E-state index is 12.8. The van der Waals surface area contributed by atoms with E-state index in [0.717, 1.165) is 34.3 Å². The first-order chi connectivity index (χ1) is 14.3. The number of unbranched alkanes of at least 4 members (excludes halogenated alkanes) is 1. The molecule has 0 spiro atoms. The van der Waals surface area contributed by atoms with Gasteiger partial charge in [0, 0.05) is 12.7 Å². The number of hydrogen-bond acceptors (Lipinski definition) is 4. The van der Waals surface area contributed by atoms with E-state index in [9.17, 15) is 22.8 Å². The van der Waals surface area contributed by atoms with Crippen molar-refractivity contribution in [1.82, 2.24) is 29.9 Å². The molecule has 4 rings (SSSR count). The number of carbonyl (C=O) groups is 1. The first-order valence-electron chi connectivity index (χ1n) is 9.25. The molecule has 2 aliphatic rings. The van der Waals surface area contributed by atoms with E-state index in [0.29, 0.717) is 23.3 Å². The van der Waals surface area contributed by atoms with Crippen molar-refractivity contribution in [2.75, 3.05) is 6.54 Å². The molecule has 0 saturated carbocycles. The molecule has 0 unspecified atom stereocenters. The lowest BCUT2D eigenvalue weighted by Crippen LogP contribution is -2.30. The van der Waals surface area contributed by atoms with Crippen LogP contribution in [0.1, 0.15) is 25.3 Å². The summed E-state index contributed by atoms with van der Waals surface area (Å²) >= 11 is 0. The van der Waals surface area contributed by atoms with Crippen molar-refractivity contribution >= 4 is 17.1 Å². The Morgan fingerprint density at radius 2 is 1.97 bits per heavy atom. The second-order valence-corrected chi connectivity index (χ2v) is 6.72. The van der Waals surface area contributed by atoms with Crippen molar-refractivity contribution in [1.29, 1.82) is 0 Å². The summed E-state index contributed by atoms with van der Waals surface area (Å²) < 4.78 is 40.5. The van der Waals surface area contributed by atoms with E-state index in [4.69, 9.17) is 0 Å². The molecule has 0 atom stereocenters. The maximum Gasteiger partial charge on any atom is 0.416 e. The third-order valence-corrected chi connectivity index (χ3v) is 4.69. The van der Waals surface area contributed by atoms with E-state index in [1.807, 2.05) is 6.92 Å². The molecule has 2 N–H and O–H groups in total. The largest absolute Gasteiger partial charge is 0.416 e. The average molecular weight is 418 g/mol. The highest BCUT2D eigenvalue weighted by atomic mass is 19.4. The number of aromatic amines is 1. The summed E-state index contributed by atoms with van der Waals surface area (Å²) in [4.78, 5) is 27.9. The lowest BCUT2D eigenvalue weighted by atomic mass is 10.2. The minimum Gasteiger partial charge on any atom is -0.345 e. The number of pyridine rings is 1. The number of hydrogen-bond donors (Lipinski definition) is 2. The number of rotatable bonds is 4. The normalized spacial score (nSPS) is 12.0. The zero-order valence-corrected chi connectivity index (χ0v) is 15.8. The first-order valence-corrected chi connectivity index (χ1v) is 9.25. The Hall–Kier alpha value is -3.63. The topological polar surface area (TPSA) is 97.6 Å². The first kappa shape index (κ1) is 19.7. The zero-order valence-electron chi connectivity index (χ0n) is 15.8. The number of nitrogens with zero attached hydrogens (tertiary/aromatic N) is 4. The van der Waals surface area contributed by atoms with Gasteiger partial charge >= 0.3 is 12.2 Å². The highest BCUT2D eigenvalue weighted by molar-refractivity contribution is 5.95. The number of fused-ring (bicyclic) bond motifs is 3. The predicted octanol–water partition coefficient (Wildman–Crippen LogP) is 3.39. The van der Waals surface area contributed by atoms with Crippen LogP contribution in [0.4, 0.5) is 18.0 Å². The van der Waals surface area contributed by atoms with Crippen molar-refractivity contribution in [3.05, 3.63) is 52.6 Å². The number of H-pyrrole nitrogens is 1. The van der Waals surface area contributed by atoms with Crippen LogP contribution in [0.2, 0.25) is 0 Å². The van der Waals surface area contributed by atoms with Crippen LogP contribution in [0.15, 0.2) is 41.5 Å². The van der Waals surface area contributed by atoms with Crippen LogP contribution < -0.4 is 10.9 Å². The van der Waals surface area contributed by atoms with E-state index in [1.165, 1.54) is 24.5 Å². The molecule has 1 amide bonds. The second kappa shape index (κ2) is 7.32. The van der Waals surface area contributed by atoms with E-state index >= 15 is 0 Å². The Kier molecular flexibility index (Phi) is 4.80. The molecule has 2 aliphatic heterocycles. The number of carbonyl (C=O) groups excluding carboxylic acids is 1. The molecule has 2 aromatic rings. The lowest BCUT2D eigenvalue weighted by molar-refractivity contribution is -0.137. The molecule has 3 heterocycles. The van der Waals surface area contributed by atoms with Gasteiger partial charge in [0.2, 0.25) is 0 Å². The minimum absolute atomic E-state index is 0.196. The monoisotopic (exact) mass is 418 g/mol. The minimum atomic E-state index is -4.47. The Balaban J connectivity index is 1.75. The molecule has 0 saturated heterocycles. The fourth-order valence-electron chi connectivity index (χ4n) is 3.11. The number of alkyl halides is 3. The molecule has 0 aliphatic carbocycles. The molecule has 1 aromatic carbocycles. The van der Waals surface area contributed by atoms with E-state index in [2.05, 4.69) is 20.5 Å². The second-order valence-electron chi connectivity index (χ2n) is 6.72. The van der Waals surface area contributed by atoms with Crippen LogP contribution in [0.5, 0.6) is 0 Å². The summed E-state index contributed by atoms with van der Waals surface area (Å²) in [6.45, 7) is 2.51. The number of halogens is 3. The fraction of sp³-hybridized carbons (Fsp3) is 0.263. The summed E-state index contributed by atoms with van der Waals surface area (Å²) in [6.07, 6.45) is 0.111. The van der Waals surface area contributed by atoms with Crippen molar-refractivity contribution in [3.8, 4) is 16.9 Å². The summed E-state index contributed by atoms with van der Waals surface area (Å²) in [5, 5.41) is 11.5. The van der Waals surface area contributed by atoms with Gasteiger partial charge in [0.15, 0.2) is 0 Å². The molecular formula is C19H17F3N6O2. The summed E-state index contributed by atoms with van der Waals surface area (Å²) in [7, 11) is 0. The third kappa shape index (κ3) is 3.31. The smallest absolute Gasteiger partial charge is 0.345 e. The number of aromatic nitrogens is 5. The molecule has 0 fully saturated rings. The van der Waals surface area contributed by atoms with Crippen LogP contribution in [-0.2, 0) is 6.18 Å².